The van der Waals surface area contributed by atoms with Crippen LogP contribution in [-0.2, 0) is 0 Å². The molecule has 2 N–H and O–H groups in total. The smallest absolute Gasteiger partial charge is 0.119 e. The van der Waals surface area contributed by atoms with Gasteiger partial charge in [0.05, 0.1) is 13.2 Å². The van der Waals surface area contributed by atoms with Crippen molar-refractivity contribution in [1.82, 2.24) is 0 Å². The molecule has 142 valence electrons. The van der Waals surface area contributed by atoms with Gasteiger partial charge in [0.25, 0.3) is 0 Å². The molecule has 4 heteroatoms. The Balaban J connectivity index is 2.14. The Hall–Kier alpha value is -2.04. The lowest BCUT2D eigenvalue weighted by atomic mass is 9.78. The second-order valence-electron chi connectivity index (χ2n) is 6.31. The van der Waals surface area contributed by atoms with E-state index in [-0.39, 0.29) is 13.2 Å². The Bertz CT molecular complexity index is 564. The molecule has 2 rings (SSSR count). The van der Waals surface area contributed by atoms with Crippen LogP contribution in [0.5, 0.6) is 11.5 Å². The molecule has 2 unspecified atom stereocenters. The largest absolute Gasteiger partial charge is 0.491 e. The molecule has 0 aliphatic heterocycles. The molecular weight excluding hydrogens is 328 g/mol. The van der Waals surface area contributed by atoms with E-state index in [0.717, 1.165) is 24.3 Å². The van der Waals surface area contributed by atoms with Crippen LogP contribution < -0.4 is 9.47 Å². The number of aliphatic hydroxyl groups excluding tert-OH is 2. The maximum absolute atomic E-state index is 8.86. The summed E-state index contributed by atoms with van der Waals surface area (Å²) in [6, 6.07) is 16.4. The van der Waals surface area contributed by atoms with Crippen LogP contribution in [0.4, 0.5) is 0 Å². The van der Waals surface area contributed by atoms with Gasteiger partial charge in [-0.25, -0.2) is 0 Å². The normalized spacial score (nSPS) is 13.2. The molecule has 0 aromatic heterocycles. The van der Waals surface area contributed by atoms with Gasteiger partial charge in [-0.2, -0.15) is 0 Å². The monoisotopic (exact) mass is 358 g/mol. The fourth-order valence-corrected chi connectivity index (χ4v) is 3.45. The highest BCUT2D eigenvalue weighted by Gasteiger charge is 2.22. The zero-order valence-electron chi connectivity index (χ0n) is 15.7. The SMILES string of the molecule is CCC(c1ccc(OCCO)cc1)C(CC)c1ccc(OCCO)cc1. The molecule has 2 aromatic carbocycles. The molecule has 0 saturated heterocycles. The van der Waals surface area contributed by atoms with Gasteiger partial charge in [-0.15, -0.1) is 0 Å². The summed E-state index contributed by atoms with van der Waals surface area (Å²) in [5.41, 5.74) is 2.60. The van der Waals surface area contributed by atoms with Crippen molar-refractivity contribution in [3.05, 3.63) is 59.7 Å². The van der Waals surface area contributed by atoms with Gasteiger partial charge in [0, 0.05) is 0 Å². The summed E-state index contributed by atoms with van der Waals surface area (Å²) in [6.45, 7) is 5.13. The standard InChI is InChI=1S/C22H30O4/c1-3-21(17-5-9-19(10-6-17)25-15-13-23)22(4-2)18-7-11-20(12-8-18)26-16-14-24/h5-12,21-24H,3-4,13-16H2,1-2H3. The molecule has 0 heterocycles. The number of hydrogen-bond acceptors (Lipinski definition) is 4. The average molecular weight is 358 g/mol. The molecule has 0 bridgehead atoms. The molecule has 0 aliphatic rings. The molecule has 0 radical (unpaired) electrons. The van der Waals surface area contributed by atoms with Crippen LogP contribution in [0.15, 0.2) is 48.5 Å². The third-order valence-corrected chi connectivity index (χ3v) is 4.70. The Morgan fingerprint density at radius 1 is 0.654 bits per heavy atom. The Morgan fingerprint density at radius 2 is 1.00 bits per heavy atom. The molecule has 0 aliphatic carbocycles. The van der Waals surface area contributed by atoms with Gasteiger partial charge in [-0.3, -0.25) is 0 Å². The lowest BCUT2D eigenvalue weighted by molar-refractivity contribution is 0.201. The van der Waals surface area contributed by atoms with Crippen LogP contribution in [-0.4, -0.2) is 36.6 Å². The summed E-state index contributed by atoms with van der Waals surface area (Å²) < 4.78 is 10.9. The second kappa shape index (κ2) is 10.8. The van der Waals surface area contributed by atoms with Crippen molar-refractivity contribution in [2.24, 2.45) is 0 Å². The summed E-state index contributed by atoms with van der Waals surface area (Å²) in [6.07, 6.45) is 2.11. The van der Waals surface area contributed by atoms with Crippen LogP contribution in [0.25, 0.3) is 0 Å². The lowest BCUT2D eigenvalue weighted by Gasteiger charge is -2.26. The summed E-state index contributed by atoms with van der Waals surface area (Å²) in [7, 11) is 0. The molecule has 2 aromatic rings. The molecule has 0 saturated carbocycles. The third-order valence-electron chi connectivity index (χ3n) is 4.70. The van der Waals surface area contributed by atoms with Gasteiger partial charge in [-0.05, 0) is 60.1 Å². The van der Waals surface area contributed by atoms with E-state index in [0.29, 0.717) is 25.0 Å². The fraction of sp³-hybridized carbons (Fsp3) is 0.455. The topological polar surface area (TPSA) is 58.9 Å². The molecule has 26 heavy (non-hydrogen) atoms. The molecule has 0 spiro atoms. The first kappa shape index (κ1) is 20.3. The highest BCUT2D eigenvalue weighted by atomic mass is 16.5. The van der Waals surface area contributed by atoms with Crippen LogP contribution in [0, 0.1) is 0 Å². The average Bonchev–Trinajstić information content (AvgIpc) is 2.70. The van der Waals surface area contributed by atoms with Gasteiger partial charge >= 0.3 is 0 Å². The molecule has 4 nitrogen and oxygen atoms in total. The zero-order valence-corrected chi connectivity index (χ0v) is 15.7. The minimum absolute atomic E-state index is 0.0231. The Morgan fingerprint density at radius 3 is 1.27 bits per heavy atom. The zero-order chi connectivity index (χ0) is 18.8. The van der Waals surface area contributed by atoms with E-state index in [1.807, 2.05) is 24.3 Å². The lowest BCUT2D eigenvalue weighted by Crippen LogP contribution is -2.11. The predicted octanol–water partition coefficient (Wildman–Crippen LogP) is 4.12. The van der Waals surface area contributed by atoms with Crippen LogP contribution in [0.1, 0.15) is 49.7 Å². The molecule has 0 fully saturated rings. The first-order valence-electron chi connectivity index (χ1n) is 9.40. The van der Waals surface area contributed by atoms with E-state index in [1.165, 1.54) is 11.1 Å². The van der Waals surface area contributed by atoms with E-state index >= 15 is 0 Å². The molecule has 2 atom stereocenters. The quantitative estimate of drug-likeness (QED) is 0.634. The number of hydrogen-bond donors (Lipinski definition) is 2. The van der Waals surface area contributed by atoms with Crippen molar-refractivity contribution < 1.29 is 19.7 Å². The minimum Gasteiger partial charge on any atom is -0.491 e. The first-order valence-corrected chi connectivity index (χ1v) is 9.40. The van der Waals surface area contributed by atoms with Crippen molar-refractivity contribution in [2.75, 3.05) is 26.4 Å². The van der Waals surface area contributed by atoms with Crippen molar-refractivity contribution in [2.45, 2.75) is 38.5 Å². The van der Waals surface area contributed by atoms with Gasteiger partial charge in [-0.1, -0.05) is 38.1 Å². The van der Waals surface area contributed by atoms with Gasteiger partial charge in [0.1, 0.15) is 24.7 Å². The van der Waals surface area contributed by atoms with Crippen LogP contribution in [0.2, 0.25) is 0 Å². The summed E-state index contributed by atoms with van der Waals surface area (Å²) in [5.74, 6) is 2.43. The van der Waals surface area contributed by atoms with E-state index in [1.54, 1.807) is 0 Å². The number of rotatable bonds is 11. The molecular formula is C22H30O4. The highest BCUT2D eigenvalue weighted by Crippen LogP contribution is 2.38. The predicted molar refractivity (Wildman–Crippen MR) is 104 cm³/mol. The van der Waals surface area contributed by atoms with E-state index in [9.17, 15) is 0 Å². The van der Waals surface area contributed by atoms with Crippen molar-refractivity contribution >= 4 is 0 Å². The minimum atomic E-state index is 0.0231. The second-order valence-corrected chi connectivity index (χ2v) is 6.31. The number of ether oxygens (including phenoxy) is 2. The highest BCUT2D eigenvalue weighted by molar-refractivity contribution is 5.35. The van der Waals surface area contributed by atoms with Gasteiger partial charge in [0.15, 0.2) is 0 Å². The van der Waals surface area contributed by atoms with Gasteiger partial charge < -0.3 is 19.7 Å². The first-order chi connectivity index (χ1) is 12.7. The van der Waals surface area contributed by atoms with E-state index in [2.05, 4.69) is 38.1 Å². The van der Waals surface area contributed by atoms with Crippen molar-refractivity contribution in [3.8, 4) is 11.5 Å². The van der Waals surface area contributed by atoms with E-state index in [4.69, 9.17) is 19.7 Å². The summed E-state index contributed by atoms with van der Waals surface area (Å²) >= 11 is 0. The van der Waals surface area contributed by atoms with Crippen LogP contribution >= 0.6 is 0 Å². The fourth-order valence-electron chi connectivity index (χ4n) is 3.45. The maximum atomic E-state index is 8.86. The van der Waals surface area contributed by atoms with Crippen LogP contribution in [0.3, 0.4) is 0 Å². The Kier molecular flexibility index (Phi) is 8.45. The van der Waals surface area contributed by atoms with E-state index < -0.39 is 0 Å². The number of benzene rings is 2. The number of aliphatic hydroxyl groups is 2. The molecule has 0 amide bonds. The van der Waals surface area contributed by atoms with Gasteiger partial charge in [0.2, 0.25) is 0 Å². The summed E-state index contributed by atoms with van der Waals surface area (Å²) in [5, 5.41) is 17.7. The Labute approximate surface area is 156 Å². The third kappa shape index (κ3) is 5.48. The van der Waals surface area contributed by atoms with Crippen molar-refractivity contribution in [1.29, 1.82) is 0 Å². The maximum Gasteiger partial charge on any atom is 0.119 e. The summed E-state index contributed by atoms with van der Waals surface area (Å²) in [4.78, 5) is 0. The van der Waals surface area contributed by atoms with Crippen molar-refractivity contribution in [3.63, 3.8) is 0 Å².